The number of halogens is 1. The van der Waals surface area contributed by atoms with Gasteiger partial charge < -0.3 is 10.5 Å². The minimum Gasteiger partial charge on any atom is -0.463 e. The SMILES string of the molecule is COC(=O)c1ncn(-c2ccc(F)cc2[C@H](C)N)n1. The molecule has 2 aromatic rings. The van der Waals surface area contributed by atoms with Crippen molar-refractivity contribution in [1.29, 1.82) is 0 Å². The number of carbonyl (C=O) groups excluding carboxylic acids is 1. The second-order valence-corrected chi connectivity index (χ2v) is 4.00. The number of benzene rings is 1. The first-order valence-electron chi connectivity index (χ1n) is 5.58. The van der Waals surface area contributed by atoms with Crippen LogP contribution in [0.3, 0.4) is 0 Å². The van der Waals surface area contributed by atoms with Gasteiger partial charge in [-0.1, -0.05) is 0 Å². The second kappa shape index (κ2) is 5.15. The summed E-state index contributed by atoms with van der Waals surface area (Å²) < 4.78 is 19.1. The summed E-state index contributed by atoms with van der Waals surface area (Å²) >= 11 is 0. The fraction of sp³-hybridized carbons (Fsp3) is 0.250. The molecular weight excluding hydrogens is 251 g/mol. The summed E-state index contributed by atoms with van der Waals surface area (Å²) in [6.45, 7) is 1.73. The topological polar surface area (TPSA) is 83.0 Å². The van der Waals surface area contributed by atoms with Crippen molar-refractivity contribution in [2.45, 2.75) is 13.0 Å². The van der Waals surface area contributed by atoms with Crippen LogP contribution < -0.4 is 5.73 Å². The third-order valence-corrected chi connectivity index (χ3v) is 2.59. The van der Waals surface area contributed by atoms with Gasteiger partial charge in [0.2, 0.25) is 0 Å². The van der Waals surface area contributed by atoms with Gasteiger partial charge in [-0.15, -0.1) is 5.10 Å². The molecule has 100 valence electrons. The number of ether oxygens (including phenoxy) is 1. The molecule has 2 N–H and O–H groups in total. The Kier molecular flexibility index (Phi) is 3.57. The van der Waals surface area contributed by atoms with Gasteiger partial charge in [0.05, 0.1) is 12.8 Å². The molecular formula is C12H13FN4O2. The Morgan fingerprint density at radius 1 is 1.53 bits per heavy atom. The highest BCUT2D eigenvalue weighted by molar-refractivity contribution is 5.84. The Hall–Kier alpha value is -2.28. The van der Waals surface area contributed by atoms with Crippen molar-refractivity contribution < 1.29 is 13.9 Å². The largest absolute Gasteiger partial charge is 0.463 e. The standard InChI is InChI=1S/C12H13FN4O2/c1-7(14)9-5-8(13)3-4-10(9)17-6-15-11(16-17)12(18)19-2/h3-7H,14H2,1-2H3/t7-/m0/s1. The molecule has 0 fully saturated rings. The van der Waals surface area contributed by atoms with Crippen LogP contribution in [0.1, 0.15) is 29.1 Å². The van der Waals surface area contributed by atoms with Gasteiger partial charge in [0.15, 0.2) is 0 Å². The summed E-state index contributed by atoms with van der Waals surface area (Å²) in [5.74, 6) is -1.09. The van der Waals surface area contributed by atoms with Crippen LogP contribution >= 0.6 is 0 Å². The zero-order valence-electron chi connectivity index (χ0n) is 10.5. The maximum atomic E-state index is 13.2. The monoisotopic (exact) mass is 264 g/mol. The fourth-order valence-corrected chi connectivity index (χ4v) is 1.66. The second-order valence-electron chi connectivity index (χ2n) is 4.00. The number of esters is 1. The van der Waals surface area contributed by atoms with E-state index in [1.54, 1.807) is 6.92 Å². The van der Waals surface area contributed by atoms with E-state index in [4.69, 9.17) is 5.73 Å². The molecule has 0 bridgehead atoms. The van der Waals surface area contributed by atoms with E-state index in [1.807, 2.05) is 0 Å². The molecule has 2 rings (SSSR count). The van der Waals surface area contributed by atoms with Crippen molar-refractivity contribution in [3.05, 3.63) is 41.7 Å². The number of nitrogens with zero attached hydrogens (tertiary/aromatic N) is 3. The van der Waals surface area contributed by atoms with E-state index in [-0.39, 0.29) is 17.7 Å². The van der Waals surface area contributed by atoms with Crippen LogP contribution in [0.25, 0.3) is 5.69 Å². The number of hydrogen-bond donors (Lipinski definition) is 1. The molecule has 1 aromatic carbocycles. The summed E-state index contributed by atoms with van der Waals surface area (Å²) in [6.07, 6.45) is 1.35. The Labute approximate surface area is 109 Å². The molecule has 1 aromatic heterocycles. The molecule has 0 spiro atoms. The van der Waals surface area contributed by atoms with Crippen LogP contribution in [0.2, 0.25) is 0 Å². The summed E-state index contributed by atoms with van der Waals surface area (Å²) in [5.41, 5.74) is 6.93. The normalized spacial score (nSPS) is 12.2. The smallest absolute Gasteiger partial charge is 0.377 e. The number of methoxy groups -OCH3 is 1. The predicted octanol–water partition coefficient (Wildman–Crippen LogP) is 1.21. The lowest BCUT2D eigenvalue weighted by molar-refractivity contribution is 0.0587. The lowest BCUT2D eigenvalue weighted by atomic mass is 10.1. The third kappa shape index (κ3) is 2.60. The summed E-state index contributed by atoms with van der Waals surface area (Å²) in [6, 6.07) is 3.78. The van der Waals surface area contributed by atoms with Gasteiger partial charge in [0.1, 0.15) is 12.1 Å². The van der Waals surface area contributed by atoms with Crippen LogP contribution in [0, 0.1) is 5.82 Å². The molecule has 0 amide bonds. The molecule has 6 nitrogen and oxygen atoms in total. The highest BCUT2D eigenvalue weighted by atomic mass is 19.1. The molecule has 19 heavy (non-hydrogen) atoms. The van der Waals surface area contributed by atoms with Crippen molar-refractivity contribution in [1.82, 2.24) is 14.8 Å². The maximum Gasteiger partial charge on any atom is 0.377 e. The molecule has 1 heterocycles. The van der Waals surface area contributed by atoms with Crippen LogP contribution in [-0.2, 0) is 4.74 Å². The molecule has 0 aliphatic carbocycles. The van der Waals surface area contributed by atoms with Crippen molar-refractivity contribution >= 4 is 5.97 Å². The minimum absolute atomic E-state index is 0.0672. The van der Waals surface area contributed by atoms with Crippen molar-refractivity contribution in [3.8, 4) is 5.69 Å². The van der Waals surface area contributed by atoms with E-state index in [9.17, 15) is 9.18 Å². The first kappa shape index (κ1) is 13.2. The van der Waals surface area contributed by atoms with Crippen molar-refractivity contribution in [3.63, 3.8) is 0 Å². The average Bonchev–Trinajstić information content (AvgIpc) is 2.87. The van der Waals surface area contributed by atoms with E-state index in [2.05, 4.69) is 14.8 Å². The van der Waals surface area contributed by atoms with Gasteiger partial charge in [-0.2, -0.15) is 0 Å². The highest BCUT2D eigenvalue weighted by Gasteiger charge is 2.15. The third-order valence-electron chi connectivity index (χ3n) is 2.59. The highest BCUT2D eigenvalue weighted by Crippen LogP contribution is 2.20. The number of nitrogens with two attached hydrogens (primary N) is 1. The van der Waals surface area contributed by atoms with Crippen molar-refractivity contribution in [2.75, 3.05) is 7.11 Å². The first-order valence-corrected chi connectivity index (χ1v) is 5.58. The van der Waals surface area contributed by atoms with Gasteiger partial charge in [0, 0.05) is 6.04 Å². The Morgan fingerprint density at radius 2 is 2.26 bits per heavy atom. The lowest BCUT2D eigenvalue weighted by Crippen LogP contribution is -2.11. The Balaban J connectivity index is 2.47. The summed E-state index contributed by atoms with van der Waals surface area (Å²) in [4.78, 5) is 15.1. The van der Waals surface area contributed by atoms with E-state index in [1.165, 1.54) is 36.3 Å². The quantitative estimate of drug-likeness (QED) is 0.842. The molecule has 0 radical (unpaired) electrons. The van der Waals surface area contributed by atoms with Crippen LogP contribution in [0.4, 0.5) is 4.39 Å². The average molecular weight is 264 g/mol. The van der Waals surface area contributed by atoms with Gasteiger partial charge in [-0.25, -0.2) is 18.9 Å². The number of carbonyl (C=O) groups is 1. The molecule has 0 saturated heterocycles. The van der Waals surface area contributed by atoms with E-state index >= 15 is 0 Å². The first-order chi connectivity index (χ1) is 9.02. The minimum atomic E-state index is -0.636. The van der Waals surface area contributed by atoms with E-state index in [0.717, 1.165) is 0 Å². The maximum absolute atomic E-state index is 13.2. The van der Waals surface area contributed by atoms with Crippen LogP contribution in [0.5, 0.6) is 0 Å². The predicted molar refractivity (Wildman–Crippen MR) is 65.3 cm³/mol. The molecule has 0 aliphatic rings. The van der Waals surface area contributed by atoms with Crippen LogP contribution in [-0.4, -0.2) is 27.8 Å². The Morgan fingerprint density at radius 3 is 2.89 bits per heavy atom. The van der Waals surface area contributed by atoms with Gasteiger partial charge in [-0.05, 0) is 30.7 Å². The molecule has 0 saturated carbocycles. The molecule has 0 unspecified atom stereocenters. The number of rotatable bonds is 3. The molecule has 7 heteroatoms. The van der Waals surface area contributed by atoms with Crippen molar-refractivity contribution in [2.24, 2.45) is 5.73 Å². The van der Waals surface area contributed by atoms with Crippen LogP contribution in [0.15, 0.2) is 24.5 Å². The number of aromatic nitrogens is 3. The molecule has 0 aliphatic heterocycles. The van der Waals surface area contributed by atoms with Gasteiger partial charge in [0.25, 0.3) is 5.82 Å². The zero-order valence-corrected chi connectivity index (χ0v) is 10.5. The van der Waals surface area contributed by atoms with E-state index in [0.29, 0.717) is 11.3 Å². The summed E-state index contributed by atoms with van der Waals surface area (Å²) in [5, 5.41) is 3.98. The summed E-state index contributed by atoms with van der Waals surface area (Å²) in [7, 11) is 1.24. The van der Waals surface area contributed by atoms with Gasteiger partial charge in [-0.3, -0.25) is 0 Å². The lowest BCUT2D eigenvalue weighted by Gasteiger charge is -2.12. The molecule has 1 atom stereocenters. The Bertz CT molecular complexity index is 610. The zero-order chi connectivity index (χ0) is 14.0. The van der Waals surface area contributed by atoms with Gasteiger partial charge >= 0.3 is 5.97 Å². The number of hydrogen-bond acceptors (Lipinski definition) is 5. The van der Waals surface area contributed by atoms with E-state index < -0.39 is 5.97 Å². The fourth-order valence-electron chi connectivity index (χ4n) is 1.66.